The Morgan fingerprint density at radius 1 is 1.77 bits per heavy atom. The number of nitrogens with two attached hydrogens (primary N) is 1. The van der Waals surface area contributed by atoms with Crippen molar-refractivity contribution in [2.45, 2.75) is 37.2 Å². The van der Waals surface area contributed by atoms with Crippen molar-refractivity contribution in [2.75, 3.05) is 6.54 Å². The standard InChI is InChI=1S/C8H17BN2O2/c9-4-1-2-6-8(10,7(12)13)3-5-11-6/h6,11H,1-5,9-10H2,(H,12,13)/t6-,8+/m1/s1. The molecule has 1 aliphatic heterocycles. The number of rotatable bonds is 4. The summed E-state index contributed by atoms with van der Waals surface area (Å²) in [5.41, 5.74) is 4.79. The molecule has 0 aromatic carbocycles. The molecule has 0 amide bonds. The molecule has 0 spiro atoms. The molecule has 1 heterocycles. The molecule has 4 N–H and O–H groups in total. The quantitative estimate of drug-likeness (QED) is 0.488. The van der Waals surface area contributed by atoms with Gasteiger partial charge in [-0.2, -0.15) is 0 Å². The first-order valence-electron chi connectivity index (χ1n) is 4.87. The molecule has 5 heteroatoms. The Hall–Kier alpha value is -0.545. The lowest BCUT2D eigenvalue weighted by atomic mass is 9.87. The molecule has 0 aliphatic carbocycles. The number of nitrogens with one attached hydrogen (secondary N) is 1. The molecule has 0 saturated carbocycles. The van der Waals surface area contributed by atoms with Crippen LogP contribution in [-0.2, 0) is 4.79 Å². The van der Waals surface area contributed by atoms with Gasteiger partial charge >= 0.3 is 5.97 Å². The molecule has 0 aromatic rings. The molecule has 0 radical (unpaired) electrons. The summed E-state index contributed by atoms with van der Waals surface area (Å²) in [5.74, 6) is -0.876. The second-order valence-corrected chi connectivity index (χ2v) is 3.74. The lowest BCUT2D eigenvalue weighted by Gasteiger charge is -2.26. The summed E-state index contributed by atoms with van der Waals surface area (Å²) in [6.45, 7) is 0.719. The highest BCUT2D eigenvalue weighted by molar-refractivity contribution is 6.08. The van der Waals surface area contributed by atoms with Crippen LogP contribution >= 0.6 is 0 Å². The van der Waals surface area contributed by atoms with Crippen LogP contribution in [0.4, 0.5) is 0 Å². The Morgan fingerprint density at radius 2 is 2.46 bits per heavy atom. The van der Waals surface area contributed by atoms with Crippen LogP contribution in [0.3, 0.4) is 0 Å². The lowest BCUT2D eigenvalue weighted by molar-refractivity contribution is -0.143. The number of carboxylic acids is 1. The second kappa shape index (κ2) is 4.11. The number of aliphatic carboxylic acids is 1. The third-order valence-corrected chi connectivity index (χ3v) is 2.80. The Bertz CT molecular complexity index is 201. The summed E-state index contributed by atoms with van der Waals surface area (Å²) in [7, 11) is 2.09. The zero-order valence-electron chi connectivity index (χ0n) is 8.05. The average molecular weight is 184 g/mol. The molecule has 0 unspecified atom stereocenters. The maximum atomic E-state index is 10.9. The third-order valence-electron chi connectivity index (χ3n) is 2.80. The molecule has 74 valence electrons. The Balaban J connectivity index is 2.57. The van der Waals surface area contributed by atoms with E-state index in [2.05, 4.69) is 13.2 Å². The molecule has 1 fully saturated rings. The van der Waals surface area contributed by atoms with Gasteiger partial charge in [-0.25, -0.2) is 0 Å². The van der Waals surface area contributed by atoms with E-state index in [0.717, 1.165) is 25.7 Å². The molecule has 13 heavy (non-hydrogen) atoms. The minimum absolute atomic E-state index is 0.0510. The summed E-state index contributed by atoms with van der Waals surface area (Å²) in [6, 6.07) is -0.0510. The summed E-state index contributed by atoms with van der Waals surface area (Å²) >= 11 is 0. The van der Waals surface area contributed by atoms with Gasteiger partial charge in [-0.15, -0.1) is 0 Å². The highest BCUT2D eigenvalue weighted by atomic mass is 16.4. The normalized spacial score (nSPS) is 33.5. The third kappa shape index (κ3) is 2.03. The van der Waals surface area contributed by atoms with Gasteiger partial charge in [0.05, 0.1) is 0 Å². The van der Waals surface area contributed by atoms with E-state index >= 15 is 0 Å². The van der Waals surface area contributed by atoms with Gasteiger partial charge in [0.25, 0.3) is 0 Å². The van der Waals surface area contributed by atoms with E-state index in [1.54, 1.807) is 0 Å². The topological polar surface area (TPSA) is 75.3 Å². The van der Waals surface area contributed by atoms with E-state index in [0.29, 0.717) is 6.42 Å². The SMILES string of the molecule is BCCC[C@H]1NCC[C@@]1(N)C(=O)O. The van der Waals surface area contributed by atoms with Crippen LogP contribution in [0.25, 0.3) is 0 Å². The van der Waals surface area contributed by atoms with Crippen LogP contribution in [-0.4, -0.2) is 37.0 Å². The number of hydrogen-bond donors (Lipinski definition) is 3. The van der Waals surface area contributed by atoms with Crippen LogP contribution in [0.2, 0.25) is 6.32 Å². The van der Waals surface area contributed by atoms with Crippen molar-refractivity contribution >= 4 is 13.8 Å². The summed E-state index contributed by atoms with van der Waals surface area (Å²) < 4.78 is 0. The smallest absolute Gasteiger partial charge is 0.325 e. The van der Waals surface area contributed by atoms with E-state index < -0.39 is 11.5 Å². The van der Waals surface area contributed by atoms with Gasteiger partial charge in [-0.3, -0.25) is 4.79 Å². The van der Waals surface area contributed by atoms with E-state index in [1.165, 1.54) is 0 Å². The zero-order valence-corrected chi connectivity index (χ0v) is 8.05. The van der Waals surface area contributed by atoms with E-state index in [1.807, 2.05) is 0 Å². The summed E-state index contributed by atoms with van der Waals surface area (Å²) in [4.78, 5) is 10.9. The highest BCUT2D eigenvalue weighted by Crippen LogP contribution is 2.22. The summed E-state index contributed by atoms with van der Waals surface area (Å²) in [6.07, 6.45) is 3.51. The van der Waals surface area contributed by atoms with Crippen molar-refractivity contribution < 1.29 is 9.90 Å². The fraction of sp³-hybridized carbons (Fsp3) is 0.875. The van der Waals surface area contributed by atoms with Crippen LogP contribution in [0.1, 0.15) is 19.3 Å². The minimum Gasteiger partial charge on any atom is -0.480 e. The van der Waals surface area contributed by atoms with E-state index in [4.69, 9.17) is 10.8 Å². The molecular weight excluding hydrogens is 167 g/mol. The van der Waals surface area contributed by atoms with Crippen LogP contribution < -0.4 is 11.1 Å². The molecule has 1 rings (SSSR count). The average Bonchev–Trinajstić information content (AvgIpc) is 2.45. The van der Waals surface area contributed by atoms with Gasteiger partial charge in [-0.05, 0) is 19.4 Å². The monoisotopic (exact) mass is 184 g/mol. The molecule has 1 saturated heterocycles. The highest BCUT2D eigenvalue weighted by Gasteiger charge is 2.45. The predicted molar refractivity (Wildman–Crippen MR) is 53.5 cm³/mol. The lowest BCUT2D eigenvalue weighted by Crippen LogP contribution is -2.56. The molecule has 4 nitrogen and oxygen atoms in total. The first-order chi connectivity index (χ1) is 6.11. The van der Waals surface area contributed by atoms with E-state index in [-0.39, 0.29) is 6.04 Å². The van der Waals surface area contributed by atoms with Crippen molar-refractivity contribution in [3.8, 4) is 0 Å². The first-order valence-corrected chi connectivity index (χ1v) is 4.87. The summed E-state index contributed by atoms with van der Waals surface area (Å²) in [5, 5.41) is 12.1. The predicted octanol–water partition coefficient (Wildman–Crippen LogP) is -1.04. The number of hydrogen-bond acceptors (Lipinski definition) is 3. The second-order valence-electron chi connectivity index (χ2n) is 3.74. The van der Waals surface area contributed by atoms with Crippen LogP contribution in [0.5, 0.6) is 0 Å². The Morgan fingerprint density at radius 3 is 3.00 bits per heavy atom. The van der Waals surface area contributed by atoms with Gasteiger partial charge in [0.2, 0.25) is 0 Å². The largest absolute Gasteiger partial charge is 0.480 e. The number of carboxylic acid groups (broad SMARTS) is 1. The first kappa shape index (κ1) is 10.5. The van der Waals surface area contributed by atoms with Crippen molar-refractivity contribution in [3.63, 3.8) is 0 Å². The van der Waals surface area contributed by atoms with Gasteiger partial charge in [0.1, 0.15) is 13.4 Å². The molecule has 0 bridgehead atoms. The minimum atomic E-state index is -1.03. The van der Waals surface area contributed by atoms with Crippen molar-refractivity contribution in [1.29, 1.82) is 0 Å². The van der Waals surface area contributed by atoms with Crippen molar-refractivity contribution in [2.24, 2.45) is 5.73 Å². The van der Waals surface area contributed by atoms with E-state index in [9.17, 15) is 4.79 Å². The fourth-order valence-corrected chi connectivity index (χ4v) is 1.83. The van der Waals surface area contributed by atoms with Gasteiger partial charge in [-0.1, -0.05) is 12.7 Å². The molecular formula is C8H17BN2O2. The van der Waals surface area contributed by atoms with Gasteiger partial charge in [0, 0.05) is 6.04 Å². The molecule has 1 aliphatic rings. The van der Waals surface area contributed by atoms with Crippen molar-refractivity contribution in [3.05, 3.63) is 0 Å². The van der Waals surface area contributed by atoms with Gasteiger partial charge < -0.3 is 16.2 Å². The fourth-order valence-electron chi connectivity index (χ4n) is 1.83. The van der Waals surface area contributed by atoms with Crippen molar-refractivity contribution in [1.82, 2.24) is 5.32 Å². The van der Waals surface area contributed by atoms with Crippen LogP contribution in [0, 0.1) is 0 Å². The maximum Gasteiger partial charge on any atom is 0.325 e. The zero-order chi connectivity index (χ0) is 9.90. The van der Waals surface area contributed by atoms with Gasteiger partial charge in [0.15, 0.2) is 0 Å². The number of carbonyl (C=O) groups is 1. The molecule has 0 aromatic heterocycles. The van der Waals surface area contributed by atoms with Crippen LogP contribution in [0.15, 0.2) is 0 Å². The Labute approximate surface area is 79.3 Å². The molecule has 2 atom stereocenters. The Kier molecular flexibility index (Phi) is 3.33. The maximum absolute atomic E-state index is 10.9.